The van der Waals surface area contributed by atoms with Gasteiger partial charge in [-0.3, -0.25) is 0 Å². The molecule has 0 saturated heterocycles. The maximum atomic E-state index is 13.0. The van der Waals surface area contributed by atoms with Crippen molar-refractivity contribution in [1.82, 2.24) is 3.97 Å². The Morgan fingerprint density at radius 3 is 2.46 bits per heavy atom. The monoisotopic (exact) mass is 457 g/mol. The highest BCUT2D eigenvalue weighted by Gasteiger charge is 2.26. The predicted octanol–water partition coefficient (Wildman–Crippen LogP) is 4.69. The van der Waals surface area contributed by atoms with Gasteiger partial charge in [-0.25, -0.2) is 12.4 Å². The van der Waals surface area contributed by atoms with Crippen molar-refractivity contribution < 1.29 is 13.5 Å². The quantitative estimate of drug-likeness (QED) is 0.567. The number of hydrogen-bond acceptors (Lipinski definition) is 3. The zero-order chi connectivity index (χ0) is 19.8. The zero-order valence-corrected chi connectivity index (χ0v) is 17.6. The average Bonchev–Trinajstić information content (AvgIpc) is 3.05. The average molecular weight is 458 g/mol. The van der Waals surface area contributed by atoms with E-state index in [1.165, 1.54) is 3.97 Å². The van der Waals surface area contributed by atoms with Crippen molar-refractivity contribution >= 4 is 36.9 Å². The van der Waals surface area contributed by atoms with E-state index in [1.54, 1.807) is 48.7 Å². The molecule has 3 aromatic rings. The van der Waals surface area contributed by atoms with Gasteiger partial charge in [-0.15, -0.1) is 0 Å². The summed E-state index contributed by atoms with van der Waals surface area (Å²) < 4.78 is 28.0. The Labute approximate surface area is 173 Å². The van der Waals surface area contributed by atoms with Crippen molar-refractivity contribution in [2.24, 2.45) is 0 Å². The third kappa shape index (κ3) is 3.62. The molecular weight excluding hydrogens is 438 g/mol. The lowest BCUT2D eigenvalue weighted by atomic mass is 9.85. The van der Waals surface area contributed by atoms with Crippen LogP contribution in [0.1, 0.15) is 37.7 Å². The lowest BCUT2D eigenvalue weighted by molar-refractivity contribution is 0.0610. The molecule has 0 unspecified atom stereocenters. The van der Waals surface area contributed by atoms with E-state index in [2.05, 4.69) is 27.8 Å². The van der Waals surface area contributed by atoms with Crippen molar-refractivity contribution in [1.29, 1.82) is 0 Å². The summed E-state index contributed by atoms with van der Waals surface area (Å²) in [5, 5.41) is 11.3. The van der Waals surface area contributed by atoms with Crippen molar-refractivity contribution in [3.05, 3.63) is 64.8 Å². The summed E-state index contributed by atoms with van der Waals surface area (Å²) in [5.74, 6) is 6.10. The molecule has 2 aromatic carbocycles. The van der Waals surface area contributed by atoms with Gasteiger partial charge >= 0.3 is 0 Å². The van der Waals surface area contributed by atoms with Crippen molar-refractivity contribution in [2.45, 2.75) is 42.6 Å². The number of rotatable bonds is 2. The highest BCUT2D eigenvalue weighted by Crippen LogP contribution is 2.31. The number of fused-ring (bicyclic) bond motifs is 1. The van der Waals surface area contributed by atoms with Gasteiger partial charge in [-0.05, 0) is 71.9 Å². The van der Waals surface area contributed by atoms with E-state index >= 15 is 0 Å². The maximum Gasteiger partial charge on any atom is 0.268 e. The molecule has 28 heavy (non-hydrogen) atoms. The fraction of sp³-hybridized carbons (Fsp3) is 0.273. The van der Waals surface area contributed by atoms with Gasteiger partial charge in [-0.2, -0.15) is 0 Å². The van der Waals surface area contributed by atoms with E-state index in [1.807, 2.05) is 6.07 Å². The van der Waals surface area contributed by atoms with Crippen LogP contribution in [0.15, 0.2) is 64.1 Å². The van der Waals surface area contributed by atoms with Crippen LogP contribution in [0.5, 0.6) is 0 Å². The van der Waals surface area contributed by atoms with Crippen LogP contribution in [-0.4, -0.2) is 23.1 Å². The minimum absolute atomic E-state index is 0.239. The van der Waals surface area contributed by atoms with Crippen LogP contribution in [0.3, 0.4) is 0 Å². The normalized spacial score (nSPS) is 16.5. The smallest absolute Gasteiger partial charge is 0.268 e. The van der Waals surface area contributed by atoms with Crippen LogP contribution in [0.2, 0.25) is 0 Å². The molecule has 0 atom stereocenters. The van der Waals surface area contributed by atoms with Crippen molar-refractivity contribution in [3.63, 3.8) is 0 Å². The maximum absolute atomic E-state index is 13.0. The van der Waals surface area contributed by atoms with E-state index in [-0.39, 0.29) is 4.90 Å². The first-order chi connectivity index (χ1) is 13.4. The van der Waals surface area contributed by atoms with Crippen LogP contribution < -0.4 is 0 Å². The van der Waals surface area contributed by atoms with Gasteiger partial charge in [0.05, 0.1) is 10.4 Å². The van der Waals surface area contributed by atoms with Crippen LogP contribution in [0.25, 0.3) is 10.9 Å². The van der Waals surface area contributed by atoms with Crippen LogP contribution in [0.4, 0.5) is 0 Å². The Kier molecular flexibility index (Phi) is 5.09. The van der Waals surface area contributed by atoms with E-state index < -0.39 is 15.6 Å². The Hall–Kier alpha value is -2.07. The largest absolute Gasteiger partial charge is 0.378 e. The molecule has 0 aliphatic heterocycles. The van der Waals surface area contributed by atoms with Crippen LogP contribution in [-0.2, 0) is 10.0 Å². The number of hydrogen-bond donors (Lipinski definition) is 1. The van der Waals surface area contributed by atoms with Gasteiger partial charge in [-0.1, -0.05) is 36.5 Å². The molecular formula is C22H20BrNO3S. The van der Waals surface area contributed by atoms with Gasteiger partial charge in [0.15, 0.2) is 0 Å². The Morgan fingerprint density at radius 2 is 1.75 bits per heavy atom. The summed E-state index contributed by atoms with van der Waals surface area (Å²) in [4.78, 5) is 0.239. The molecule has 1 aliphatic rings. The van der Waals surface area contributed by atoms with Gasteiger partial charge in [0.2, 0.25) is 0 Å². The summed E-state index contributed by atoms with van der Waals surface area (Å²) in [7, 11) is -3.69. The van der Waals surface area contributed by atoms with E-state index in [0.29, 0.717) is 22.8 Å². The van der Waals surface area contributed by atoms with Gasteiger partial charge in [0, 0.05) is 21.6 Å². The third-order valence-corrected chi connectivity index (χ3v) is 7.46. The molecule has 0 spiro atoms. The first-order valence-corrected chi connectivity index (χ1v) is 11.5. The summed E-state index contributed by atoms with van der Waals surface area (Å²) in [5.41, 5.74) is 0.423. The standard InChI is InChI=1S/C22H20BrNO3S/c23-20-16-24(28(26,27)18-7-3-1-4-8-18)21-10-9-17(15-19(20)21)11-14-22(25)12-5-2-6-13-22/h1,3-4,7-10,15-16,25H,2,5-6,12-13H2. The number of benzene rings is 2. The number of nitrogens with zero attached hydrogens (tertiary/aromatic N) is 1. The van der Waals surface area contributed by atoms with Gasteiger partial charge < -0.3 is 5.11 Å². The van der Waals surface area contributed by atoms with Crippen molar-refractivity contribution in [2.75, 3.05) is 0 Å². The van der Waals surface area contributed by atoms with Gasteiger partial charge in [0.1, 0.15) is 5.60 Å². The molecule has 1 aliphatic carbocycles. The molecule has 4 nitrogen and oxygen atoms in total. The molecule has 4 rings (SSSR count). The zero-order valence-electron chi connectivity index (χ0n) is 15.2. The summed E-state index contributed by atoms with van der Waals surface area (Å²) in [6.07, 6.45) is 6.12. The summed E-state index contributed by atoms with van der Waals surface area (Å²) in [6, 6.07) is 13.8. The highest BCUT2D eigenvalue weighted by molar-refractivity contribution is 9.10. The second-order valence-corrected chi connectivity index (χ2v) is 9.83. The first kappa shape index (κ1) is 19.3. The fourth-order valence-corrected chi connectivity index (χ4v) is 5.64. The van der Waals surface area contributed by atoms with Crippen LogP contribution >= 0.6 is 15.9 Å². The molecule has 0 bridgehead atoms. The molecule has 0 radical (unpaired) electrons. The summed E-state index contributed by atoms with van der Waals surface area (Å²) in [6.45, 7) is 0. The molecule has 1 N–H and O–H groups in total. The van der Waals surface area contributed by atoms with E-state index in [9.17, 15) is 13.5 Å². The SMILES string of the molecule is O=S(=O)(c1ccccc1)n1cc(Br)c2cc(C#CC3(O)CCCCC3)ccc21. The molecule has 6 heteroatoms. The second kappa shape index (κ2) is 7.40. The molecule has 1 aromatic heterocycles. The van der Waals surface area contributed by atoms with Gasteiger partial charge in [0.25, 0.3) is 10.0 Å². The van der Waals surface area contributed by atoms with E-state index in [4.69, 9.17) is 0 Å². The minimum Gasteiger partial charge on any atom is -0.378 e. The summed E-state index contributed by atoms with van der Waals surface area (Å²) >= 11 is 3.47. The van der Waals surface area contributed by atoms with Crippen molar-refractivity contribution in [3.8, 4) is 11.8 Å². The molecule has 1 saturated carbocycles. The predicted molar refractivity (Wildman–Crippen MR) is 114 cm³/mol. The highest BCUT2D eigenvalue weighted by atomic mass is 79.9. The minimum atomic E-state index is -3.69. The molecule has 0 amide bonds. The Morgan fingerprint density at radius 1 is 1.04 bits per heavy atom. The van der Waals surface area contributed by atoms with Crippen LogP contribution in [0, 0.1) is 11.8 Å². The lowest BCUT2D eigenvalue weighted by Gasteiger charge is -2.26. The van der Waals surface area contributed by atoms with E-state index in [0.717, 1.165) is 30.2 Å². The topological polar surface area (TPSA) is 59.3 Å². The number of aliphatic hydroxyl groups is 1. The molecule has 144 valence electrons. The molecule has 1 heterocycles. The first-order valence-electron chi connectivity index (χ1n) is 9.26. The second-order valence-electron chi connectivity index (χ2n) is 7.17. The Bertz CT molecular complexity index is 1180. The number of aromatic nitrogens is 1. The molecule has 1 fully saturated rings. The third-order valence-electron chi connectivity index (χ3n) is 5.14. The lowest BCUT2D eigenvalue weighted by Crippen LogP contribution is -2.29. The fourth-order valence-electron chi connectivity index (χ4n) is 3.59. The Balaban J connectivity index is 1.74. The number of halogens is 1.